The van der Waals surface area contributed by atoms with Crippen molar-refractivity contribution in [3.8, 4) is 5.75 Å². The van der Waals surface area contributed by atoms with Gasteiger partial charge in [0.25, 0.3) is 0 Å². The van der Waals surface area contributed by atoms with Crippen molar-refractivity contribution in [3.63, 3.8) is 0 Å². The van der Waals surface area contributed by atoms with Gasteiger partial charge in [0.15, 0.2) is 0 Å². The van der Waals surface area contributed by atoms with Crippen molar-refractivity contribution in [2.45, 2.75) is 70.5 Å². The molecule has 5 nitrogen and oxygen atoms in total. The Labute approximate surface area is 206 Å². The fraction of sp³-hybridized carbons (Fsp3) is 0.462. The van der Waals surface area contributed by atoms with E-state index >= 15 is 0 Å². The maximum Gasteiger partial charge on any atom is 0.242 e. The first kappa shape index (κ1) is 25.4. The van der Waals surface area contributed by atoms with Gasteiger partial charge in [-0.1, -0.05) is 66.7 Å². The molecule has 0 unspecified atom stereocenters. The zero-order valence-electron chi connectivity index (χ0n) is 19.1. The number of ether oxygens (including phenoxy) is 1. The van der Waals surface area contributed by atoms with Gasteiger partial charge in [-0.3, -0.25) is 9.59 Å². The van der Waals surface area contributed by atoms with Gasteiger partial charge in [-0.05, 0) is 56.0 Å². The molecule has 1 atom stereocenters. The highest BCUT2D eigenvalue weighted by Gasteiger charge is 2.28. The van der Waals surface area contributed by atoms with Crippen LogP contribution in [0.25, 0.3) is 0 Å². The van der Waals surface area contributed by atoms with Crippen LogP contribution < -0.4 is 10.1 Å². The van der Waals surface area contributed by atoms with Gasteiger partial charge >= 0.3 is 0 Å². The molecular weight excluding hydrogens is 459 g/mol. The second-order valence-electron chi connectivity index (χ2n) is 8.54. The fourth-order valence-electron chi connectivity index (χ4n) is 4.06. The molecule has 1 fully saturated rings. The van der Waals surface area contributed by atoms with Gasteiger partial charge in [0.05, 0.1) is 6.61 Å². The summed E-state index contributed by atoms with van der Waals surface area (Å²) in [5.41, 5.74) is 0.757. The Morgan fingerprint density at radius 2 is 1.82 bits per heavy atom. The van der Waals surface area contributed by atoms with Crippen molar-refractivity contribution in [1.82, 2.24) is 10.2 Å². The Balaban J connectivity index is 1.64. The van der Waals surface area contributed by atoms with Crippen LogP contribution >= 0.6 is 23.2 Å². The second kappa shape index (κ2) is 12.9. The lowest BCUT2D eigenvalue weighted by Crippen LogP contribution is -2.50. The molecule has 3 rings (SSSR count). The minimum Gasteiger partial charge on any atom is -0.494 e. The first-order chi connectivity index (χ1) is 15.9. The summed E-state index contributed by atoms with van der Waals surface area (Å²) in [6, 6.07) is 14.3. The minimum atomic E-state index is -0.610. The maximum absolute atomic E-state index is 13.2. The molecule has 0 aliphatic heterocycles. The Hall–Kier alpha value is -2.24. The zero-order valence-corrected chi connectivity index (χ0v) is 20.6. The van der Waals surface area contributed by atoms with Crippen LogP contribution in [0.4, 0.5) is 0 Å². The number of halogens is 2. The average Bonchev–Trinajstić information content (AvgIpc) is 2.82. The van der Waals surface area contributed by atoms with E-state index in [4.69, 9.17) is 27.9 Å². The Morgan fingerprint density at radius 3 is 2.52 bits per heavy atom. The summed E-state index contributed by atoms with van der Waals surface area (Å²) in [5.74, 6) is 0.542. The highest BCUT2D eigenvalue weighted by molar-refractivity contribution is 6.35. The Morgan fingerprint density at radius 1 is 1.09 bits per heavy atom. The molecule has 1 N–H and O–H groups in total. The van der Waals surface area contributed by atoms with Crippen LogP contribution in [-0.4, -0.2) is 35.4 Å². The number of nitrogens with one attached hydrogen (secondary N) is 1. The van der Waals surface area contributed by atoms with Crippen LogP contribution in [0.2, 0.25) is 10.0 Å². The summed E-state index contributed by atoms with van der Waals surface area (Å²) in [7, 11) is 0. The van der Waals surface area contributed by atoms with Gasteiger partial charge in [0, 0.05) is 29.1 Å². The van der Waals surface area contributed by atoms with Crippen molar-refractivity contribution in [1.29, 1.82) is 0 Å². The first-order valence-electron chi connectivity index (χ1n) is 11.7. The van der Waals surface area contributed by atoms with E-state index in [9.17, 15) is 9.59 Å². The maximum atomic E-state index is 13.2. The van der Waals surface area contributed by atoms with Gasteiger partial charge < -0.3 is 15.0 Å². The minimum absolute atomic E-state index is 0.107. The number of carbonyl (C=O) groups excluding carboxylic acids is 2. The number of hydrogen-bond donors (Lipinski definition) is 1. The molecular formula is C26H32Cl2N2O3. The number of carbonyl (C=O) groups is 2. The van der Waals surface area contributed by atoms with Gasteiger partial charge in [0.2, 0.25) is 11.8 Å². The molecule has 2 aromatic carbocycles. The van der Waals surface area contributed by atoms with Crippen molar-refractivity contribution in [3.05, 3.63) is 64.1 Å². The molecule has 0 radical (unpaired) electrons. The van der Waals surface area contributed by atoms with E-state index in [0.717, 1.165) is 37.0 Å². The second-order valence-corrected chi connectivity index (χ2v) is 9.39. The molecule has 1 aliphatic rings. The molecule has 0 saturated heterocycles. The molecule has 2 amide bonds. The third-order valence-corrected chi connectivity index (χ3v) is 6.61. The van der Waals surface area contributed by atoms with E-state index < -0.39 is 6.04 Å². The largest absolute Gasteiger partial charge is 0.494 e. The first-order valence-corrected chi connectivity index (χ1v) is 12.4. The van der Waals surface area contributed by atoms with E-state index in [1.165, 1.54) is 6.42 Å². The summed E-state index contributed by atoms with van der Waals surface area (Å²) in [6.45, 7) is 2.45. The van der Waals surface area contributed by atoms with E-state index in [1.54, 1.807) is 30.0 Å². The van der Waals surface area contributed by atoms with E-state index in [2.05, 4.69) is 5.32 Å². The molecule has 2 aromatic rings. The zero-order chi connectivity index (χ0) is 23.6. The Kier molecular flexibility index (Phi) is 9.89. The van der Waals surface area contributed by atoms with Crippen molar-refractivity contribution >= 4 is 35.0 Å². The monoisotopic (exact) mass is 490 g/mol. The summed E-state index contributed by atoms with van der Waals surface area (Å²) >= 11 is 12.4. The molecule has 1 saturated carbocycles. The van der Waals surface area contributed by atoms with Gasteiger partial charge in [0.1, 0.15) is 11.8 Å². The number of amides is 2. The average molecular weight is 491 g/mol. The number of para-hydroxylation sites is 1. The molecule has 7 heteroatoms. The van der Waals surface area contributed by atoms with Crippen LogP contribution in [0.5, 0.6) is 5.75 Å². The topological polar surface area (TPSA) is 58.6 Å². The molecule has 0 bridgehead atoms. The molecule has 1 aliphatic carbocycles. The molecule has 178 valence electrons. The summed E-state index contributed by atoms with van der Waals surface area (Å²) < 4.78 is 5.71. The lowest BCUT2D eigenvalue weighted by Gasteiger charge is -2.31. The van der Waals surface area contributed by atoms with E-state index in [-0.39, 0.29) is 30.8 Å². The third-order valence-electron chi connectivity index (χ3n) is 6.02. The molecule has 33 heavy (non-hydrogen) atoms. The summed E-state index contributed by atoms with van der Waals surface area (Å²) in [6.07, 6.45) is 6.29. The highest BCUT2D eigenvalue weighted by atomic mass is 35.5. The Bertz CT molecular complexity index is 917. The quantitative estimate of drug-likeness (QED) is 0.414. The summed E-state index contributed by atoms with van der Waals surface area (Å²) in [5, 5.41) is 4.15. The lowest BCUT2D eigenvalue weighted by molar-refractivity contribution is -0.141. The van der Waals surface area contributed by atoms with Crippen LogP contribution in [0, 0.1) is 0 Å². The number of rotatable bonds is 10. The SMILES string of the molecule is C[C@@H](C(=O)NC1CCCCC1)N(Cc1ccc(Cl)cc1Cl)C(=O)CCCOc1ccccc1. The van der Waals surface area contributed by atoms with Crippen molar-refractivity contribution < 1.29 is 14.3 Å². The standard InChI is InChI=1S/C26H32Cl2N2O3/c1-19(26(32)29-22-9-4-2-5-10-22)30(18-20-14-15-21(27)17-24(20)28)25(31)13-8-16-33-23-11-6-3-7-12-23/h3,6-7,11-12,14-15,17,19,22H,2,4-5,8-10,13,16,18H2,1H3,(H,29,32)/t19-/m0/s1. The number of hydrogen-bond acceptors (Lipinski definition) is 3. The van der Waals surface area contributed by atoms with Crippen LogP contribution in [-0.2, 0) is 16.1 Å². The number of benzene rings is 2. The van der Waals surface area contributed by atoms with Crippen LogP contribution in [0.1, 0.15) is 57.4 Å². The molecule has 0 aromatic heterocycles. The highest BCUT2D eigenvalue weighted by Crippen LogP contribution is 2.24. The molecule has 0 heterocycles. The predicted molar refractivity (Wildman–Crippen MR) is 133 cm³/mol. The van der Waals surface area contributed by atoms with Gasteiger partial charge in [-0.15, -0.1) is 0 Å². The normalized spacial score (nSPS) is 15.0. The predicted octanol–water partition coefficient (Wildman–Crippen LogP) is 6.02. The van der Waals surface area contributed by atoms with Gasteiger partial charge in [-0.25, -0.2) is 0 Å². The van der Waals surface area contributed by atoms with E-state index in [1.807, 2.05) is 30.3 Å². The van der Waals surface area contributed by atoms with Gasteiger partial charge in [-0.2, -0.15) is 0 Å². The number of nitrogens with zero attached hydrogens (tertiary/aromatic N) is 1. The van der Waals surface area contributed by atoms with Crippen LogP contribution in [0.15, 0.2) is 48.5 Å². The smallest absolute Gasteiger partial charge is 0.242 e. The summed E-state index contributed by atoms with van der Waals surface area (Å²) in [4.78, 5) is 27.8. The van der Waals surface area contributed by atoms with E-state index in [0.29, 0.717) is 23.1 Å². The van der Waals surface area contributed by atoms with Crippen molar-refractivity contribution in [2.24, 2.45) is 0 Å². The van der Waals surface area contributed by atoms with Crippen molar-refractivity contribution in [2.75, 3.05) is 6.61 Å². The van der Waals surface area contributed by atoms with Crippen LogP contribution in [0.3, 0.4) is 0 Å². The third kappa shape index (κ3) is 7.94. The lowest BCUT2D eigenvalue weighted by atomic mass is 9.95. The molecule has 0 spiro atoms. The fourth-order valence-corrected chi connectivity index (χ4v) is 4.53.